The summed E-state index contributed by atoms with van der Waals surface area (Å²) < 4.78 is 17.2. The first-order chi connectivity index (χ1) is 8.11. The minimum Gasteiger partial charge on any atom is -0.495 e. The standard InChI is InChI=1S/C12H12O3S2/c1-15-10-5-3-4-8-6-11(16-12(8)10)9(13)7-17(2)14/h3-6H,7H2,1-2H3. The number of fused-ring (bicyclic) bond motifs is 1. The van der Waals surface area contributed by atoms with E-state index in [1.807, 2.05) is 24.3 Å². The van der Waals surface area contributed by atoms with Gasteiger partial charge < -0.3 is 4.74 Å². The summed E-state index contributed by atoms with van der Waals surface area (Å²) in [6, 6.07) is 7.52. The number of carbonyl (C=O) groups is 1. The van der Waals surface area contributed by atoms with Crippen molar-refractivity contribution in [1.29, 1.82) is 0 Å². The molecule has 0 N–H and O–H groups in total. The molecule has 0 bridgehead atoms. The van der Waals surface area contributed by atoms with Crippen molar-refractivity contribution in [2.24, 2.45) is 0 Å². The summed E-state index contributed by atoms with van der Waals surface area (Å²) in [5.41, 5.74) is 0. The predicted octanol–water partition coefficient (Wildman–Crippen LogP) is 2.47. The number of hydrogen-bond acceptors (Lipinski definition) is 4. The van der Waals surface area contributed by atoms with Crippen LogP contribution in [0.5, 0.6) is 5.75 Å². The third kappa shape index (κ3) is 2.56. The van der Waals surface area contributed by atoms with E-state index in [0.717, 1.165) is 15.8 Å². The second-order valence-electron chi connectivity index (χ2n) is 3.63. The zero-order valence-electron chi connectivity index (χ0n) is 9.56. The molecule has 0 aliphatic carbocycles. The van der Waals surface area contributed by atoms with Crippen LogP contribution in [0.3, 0.4) is 0 Å². The maximum Gasteiger partial charge on any atom is 0.185 e. The monoisotopic (exact) mass is 268 g/mol. The Morgan fingerprint density at radius 2 is 2.24 bits per heavy atom. The van der Waals surface area contributed by atoms with Crippen LogP contribution in [-0.2, 0) is 10.8 Å². The lowest BCUT2D eigenvalue weighted by atomic mass is 10.2. The summed E-state index contributed by atoms with van der Waals surface area (Å²) in [4.78, 5) is 12.4. The van der Waals surface area contributed by atoms with E-state index in [9.17, 15) is 9.00 Å². The molecular weight excluding hydrogens is 256 g/mol. The average molecular weight is 268 g/mol. The number of carbonyl (C=O) groups excluding carboxylic acids is 1. The van der Waals surface area contributed by atoms with Crippen molar-refractivity contribution in [2.75, 3.05) is 19.1 Å². The second kappa shape index (κ2) is 4.98. The van der Waals surface area contributed by atoms with Crippen LogP contribution in [0.25, 0.3) is 10.1 Å². The Labute approximate surface area is 106 Å². The fraction of sp³-hybridized carbons (Fsp3) is 0.250. The molecule has 0 aliphatic heterocycles. The van der Waals surface area contributed by atoms with Crippen molar-refractivity contribution >= 4 is 38.0 Å². The van der Waals surface area contributed by atoms with Crippen molar-refractivity contribution in [1.82, 2.24) is 0 Å². The van der Waals surface area contributed by atoms with Crippen molar-refractivity contribution in [3.63, 3.8) is 0 Å². The first-order valence-corrected chi connectivity index (χ1v) is 7.56. The third-order valence-corrected chi connectivity index (χ3v) is 4.21. The Kier molecular flexibility index (Phi) is 3.59. The molecule has 2 aromatic rings. The van der Waals surface area contributed by atoms with Crippen LogP contribution in [0, 0.1) is 0 Å². The van der Waals surface area contributed by atoms with Crippen LogP contribution >= 0.6 is 11.3 Å². The molecule has 0 spiro atoms. The molecule has 0 aliphatic rings. The molecule has 5 heteroatoms. The number of hydrogen-bond donors (Lipinski definition) is 0. The van der Waals surface area contributed by atoms with Gasteiger partial charge in [-0.3, -0.25) is 9.00 Å². The number of Topliss-reactive ketones (excluding diaryl/α,β-unsaturated/α-hetero) is 1. The van der Waals surface area contributed by atoms with Gasteiger partial charge in [-0.05, 0) is 17.5 Å². The maximum absolute atomic E-state index is 11.8. The number of ether oxygens (including phenoxy) is 1. The van der Waals surface area contributed by atoms with Crippen molar-refractivity contribution in [3.05, 3.63) is 29.1 Å². The third-order valence-electron chi connectivity index (χ3n) is 2.34. The summed E-state index contributed by atoms with van der Waals surface area (Å²) in [6.45, 7) is 0. The number of methoxy groups -OCH3 is 1. The smallest absolute Gasteiger partial charge is 0.185 e. The number of ketones is 1. The molecule has 1 aromatic carbocycles. The molecule has 0 saturated carbocycles. The summed E-state index contributed by atoms with van der Waals surface area (Å²) in [5, 5.41) is 0.986. The van der Waals surface area contributed by atoms with Crippen LogP contribution in [-0.4, -0.2) is 29.1 Å². The van der Waals surface area contributed by atoms with Crippen molar-refractivity contribution < 1.29 is 13.7 Å². The Morgan fingerprint density at radius 3 is 2.88 bits per heavy atom. The van der Waals surface area contributed by atoms with Crippen LogP contribution < -0.4 is 4.74 Å². The Hall–Kier alpha value is -1.20. The van der Waals surface area contributed by atoms with Gasteiger partial charge in [0.1, 0.15) is 5.75 Å². The Bertz CT molecular complexity index is 586. The lowest BCUT2D eigenvalue weighted by Gasteiger charge is -1.98. The quantitative estimate of drug-likeness (QED) is 0.800. The molecular formula is C12H12O3S2. The topological polar surface area (TPSA) is 43.4 Å². The highest BCUT2D eigenvalue weighted by Crippen LogP contribution is 2.33. The fourth-order valence-corrected chi connectivity index (χ4v) is 3.29. The minimum absolute atomic E-state index is 0.0749. The lowest BCUT2D eigenvalue weighted by Crippen LogP contribution is -2.07. The second-order valence-corrected chi connectivity index (χ2v) is 6.12. The Morgan fingerprint density at radius 1 is 1.47 bits per heavy atom. The molecule has 0 radical (unpaired) electrons. The number of benzene rings is 1. The van der Waals surface area contributed by atoms with Crippen LogP contribution in [0.4, 0.5) is 0 Å². The summed E-state index contributed by atoms with van der Waals surface area (Å²) in [7, 11) is 0.509. The van der Waals surface area contributed by atoms with Crippen LogP contribution in [0.1, 0.15) is 9.67 Å². The fourth-order valence-electron chi connectivity index (χ4n) is 1.59. The van der Waals surface area contributed by atoms with E-state index >= 15 is 0 Å². The molecule has 90 valence electrons. The molecule has 3 nitrogen and oxygen atoms in total. The van der Waals surface area contributed by atoms with E-state index in [0.29, 0.717) is 4.88 Å². The molecule has 17 heavy (non-hydrogen) atoms. The summed E-state index contributed by atoms with van der Waals surface area (Å²) in [6.07, 6.45) is 1.53. The van der Waals surface area contributed by atoms with Gasteiger partial charge in [-0.25, -0.2) is 0 Å². The molecule has 2 rings (SSSR count). The normalized spacial score (nSPS) is 12.6. The SMILES string of the molecule is COc1cccc2cc(C(=O)CS(C)=O)sc12. The first-order valence-electron chi connectivity index (χ1n) is 5.01. The molecule has 1 aromatic heterocycles. The number of rotatable bonds is 4. The van der Waals surface area contributed by atoms with Gasteiger partial charge in [0.15, 0.2) is 5.78 Å². The van der Waals surface area contributed by atoms with Crippen molar-refractivity contribution in [2.45, 2.75) is 0 Å². The highest BCUT2D eigenvalue weighted by Gasteiger charge is 2.13. The van der Waals surface area contributed by atoms with Gasteiger partial charge in [0.05, 0.1) is 22.4 Å². The molecule has 0 saturated heterocycles. The van der Waals surface area contributed by atoms with Gasteiger partial charge in [-0.15, -0.1) is 11.3 Å². The van der Waals surface area contributed by atoms with Gasteiger partial charge in [-0.2, -0.15) is 0 Å². The minimum atomic E-state index is -1.10. The first kappa shape index (κ1) is 12.3. The molecule has 1 heterocycles. The predicted molar refractivity (Wildman–Crippen MR) is 71.6 cm³/mol. The maximum atomic E-state index is 11.8. The van der Waals surface area contributed by atoms with E-state index < -0.39 is 10.8 Å². The van der Waals surface area contributed by atoms with Crippen molar-refractivity contribution in [3.8, 4) is 5.75 Å². The van der Waals surface area contributed by atoms with Gasteiger partial charge in [-0.1, -0.05) is 12.1 Å². The molecule has 0 amide bonds. The van der Waals surface area contributed by atoms with E-state index in [1.165, 1.54) is 17.6 Å². The largest absolute Gasteiger partial charge is 0.495 e. The van der Waals surface area contributed by atoms with Gasteiger partial charge in [0.25, 0.3) is 0 Å². The number of thiophene rings is 1. The van der Waals surface area contributed by atoms with E-state index in [2.05, 4.69) is 0 Å². The molecule has 0 fully saturated rings. The van der Waals surface area contributed by atoms with Gasteiger partial charge >= 0.3 is 0 Å². The lowest BCUT2D eigenvalue weighted by molar-refractivity contribution is 0.102. The summed E-state index contributed by atoms with van der Waals surface area (Å²) >= 11 is 1.39. The van der Waals surface area contributed by atoms with E-state index in [4.69, 9.17) is 4.74 Å². The van der Waals surface area contributed by atoms with Crippen LogP contribution in [0.15, 0.2) is 24.3 Å². The van der Waals surface area contributed by atoms with Crippen LogP contribution in [0.2, 0.25) is 0 Å². The zero-order chi connectivity index (χ0) is 12.4. The Balaban J connectivity index is 2.44. The highest BCUT2D eigenvalue weighted by molar-refractivity contribution is 7.85. The van der Waals surface area contributed by atoms with Gasteiger partial charge in [0.2, 0.25) is 0 Å². The van der Waals surface area contributed by atoms with E-state index in [1.54, 1.807) is 7.11 Å². The highest BCUT2D eigenvalue weighted by atomic mass is 32.2. The van der Waals surface area contributed by atoms with E-state index in [-0.39, 0.29) is 11.5 Å². The molecule has 1 unspecified atom stereocenters. The summed E-state index contributed by atoms with van der Waals surface area (Å²) in [5.74, 6) is 0.771. The average Bonchev–Trinajstić information content (AvgIpc) is 2.71. The zero-order valence-corrected chi connectivity index (χ0v) is 11.2. The molecule has 1 atom stereocenters. The van der Waals surface area contributed by atoms with Gasteiger partial charge in [0, 0.05) is 17.1 Å².